The topological polar surface area (TPSA) is 96.1 Å². The van der Waals surface area contributed by atoms with Crippen LogP contribution in [0.3, 0.4) is 0 Å². The van der Waals surface area contributed by atoms with Crippen LogP contribution in [-0.4, -0.2) is 55.8 Å². The summed E-state index contributed by atoms with van der Waals surface area (Å²) in [6.07, 6.45) is 6.68. The number of amides is 1. The minimum absolute atomic E-state index is 0.152. The molecule has 3 aliphatic rings. The Morgan fingerprint density at radius 3 is 2.67 bits per heavy atom. The van der Waals surface area contributed by atoms with E-state index >= 15 is 0 Å². The molecule has 0 saturated carbocycles. The third kappa shape index (κ3) is 6.39. The molecule has 2 aliphatic heterocycles. The fraction of sp³-hybridized carbons (Fsp3) is 0.375. The largest absolute Gasteiger partial charge is 0.464 e. The van der Waals surface area contributed by atoms with Crippen molar-refractivity contribution in [2.75, 3.05) is 18.0 Å². The van der Waals surface area contributed by atoms with E-state index < -0.39 is 18.1 Å². The number of hydrogen-bond donors (Lipinski definition) is 1. The number of ether oxygens (including phenoxy) is 1. The summed E-state index contributed by atoms with van der Waals surface area (Å²) in [5, 5.41) is 19.4. The third-order valence-corrected chi connectivity index (χ3v) is 9.31. The summed E-state index contributed by atoms with van der Waals surface area (Å²) in [6, 6.07) is 8.58. The van der Waals surface area contributed by atoms with E-state index in [4.69, 9.17) is 9.72 Å². The molecule has 2 aromatic heterocycles. The van der Waals surface area contributed by atoms with E-state index in [2.05, 4.69) is 28.5 Å². The van der Waals surface area contributed by atoms with Crippen molar-refractivity contribution in [3.8, 4) is 0 Å². The quantitative estimate of drug-likeness (QED) is 0.176. The molecule has 1 amide bonds. The van der Waals surface area contributed by atoms with Gasteiger partial charge in [0.2, 0.25) is 12.1 Å². The number of allylic oxidation sites excluding steroid dienone is 2. The number of oxime groups is 1. The fourth-order valence-corrected chi connectivity index (χ4v) is 6.81. The highest BCUT2D eigenvalue weighted by molar-refractivity contribution is 7.10. The van der Waals surface area contributed by atoms with Gasteiger partial charge in [-0.05, 0) is 45.6 Å². The van der Waals surface area contributed by atoms with Gasteiger partial charge < -0.3 is 14.8 Å². The Kier molecular flexibility index (Phi) is 8.54. The van der Waals surface area contributed by atoms with Crippen molar-refractivity contribution in [3.05, 3.63) is 93.2 Å². The van der Waals surface area contributed by atoms with Crippen molar-refractivity contribution >= 4 is 34.5 Å². The molecule has 1 fully saturated rings. The molecule has 236 valence electrons. The number of halogens is 3. The molecule has 1 aromatic carbocycles. The molecule has 1 saturated heterocycles. The van der Waals surface area contributed by atoms with Gasteiger partial charge in [0.25, 0.3) is 0 Å². The van der Waals surface area contributed by atoms with Gasteiger partial charge in [-0.1, -0.05) is 47.6 Å². The van der Waals surface area contributed by atoms with Crippen molar-refractivity contribution < 1.29 is 27.9 Å². The number of anilines is 1. The van der Waals surface area contributed by atoms with E-state index in [0.29, 0.717) is 43.1 Å². The number of aryl methyl sites for hydroxylation is 1. The van der Waals surface area contributed by atoms with Gasteiger partial charge >= 0.3 is 6.18 Å². The van der Waals surface area contributed by atoms with Crippen molar-refractivity contribution in [3.63, 3.8) is 0 Å². The molecule has 1 atom stereocenters. The second-order valence-corrected chi connectivity index (χ2v) is 12.2. The molecule has 6 rings (SSSR count). The highest BCUT2D eigenvalue weighted by Gasteiger charge is 2.36. The van der Waals surface area contributed by atoms with Crippen LogP contribution in [-0.2, 0) is 22.3 Å². The van der Waals surface area contributed by atoms with E-state index in [1.165, 1.54) is 6.92 Å². The zero-order valence-electron chi connectivity index (χ0n) is 24.9. The van der Waals surface area contributed by atoms with Crippen LogP contribution >= 0.6 is 11.3 Å². The third-order valence-electron chi connectivity index (χ3n) is 8.32. The first-order valence-electron chi connectivity index (χ1n) is 14.8. The lowest BCUT2D eigenvalue weighted by Crippen LogP contribution is -2.40. The molecule has 1 N–H and O–H groups in total. The second-order valence-electron chi connectivity index (χ2n) is 11.3. The fourth-order valence-electron chi connectivity index (χ4n) is 5.83. The van der Waals surface area contributed by atoms with E-state index in [1.807, 2.05) is 40.7 Å². The maximum atomic E-state index is 13.0. The maximum Gasteiger partial charge on any atom is 0.435 e. The highest BCUT2D eigenvalue weighted by atomic mass is 32.1. The molecule has 0 bridgehead atoms. The number of likely N-dealkylation sites (tertiary alicyclic amines) is 1. The molecule has 1 unspecified atom stereocenters. The standard InChI is InChI=1S/C32H33F3N6O3S/c1-20-16-27(32(33,34)35)37-41(20)18-29(42)39-14-12-22(13-15-39)30-36-28(19-45-30)40-17-26(44-31(40)23-8-4-3-5-9-23)25-11-7-6-10-24(25)21(2)38-43/h4,6-11,16-17,19,22,31,43H,3,5,12-15,18H2,1-2H3. The molecule has 13 heteroatoms. The van der Waals surface area contributed by atoms with Crippen LogP contribution in [0.5, 0.6) is 0 Å². The van der Waals surface area contributed by atoms with Gasteiger partial charge in [-0.25, -0.2) is 4.98 Å². The van der Waals surface area contributed by atoms with E-state index in [9.17, 15) is 23.2 Å². The Balaban J connectivity index is 1.17. The summed E-state index contributed by atoms with van der Waals surface area (Å²) in [4.78, 5) is 21.7. The molecular formula is C32H33F3N6O3S. The van der Waals surface area contributed by atoms with Gasteiger partial charge in [0.05, 0.1) is 16.9 Å². The van der Waals surface area contributed by atoms with Crippen LogP contribution in [0.15, 0.2) is 70.9 Å². The van der Waals surface area contributed by atoms with Crippen molar-refractivity contribution in [1.29, 1.82) is 0 Å². The van der Waals surface area contributed by atoms with E-state index in [-0.39, 0.29) is 18.4 Å². The summed E-state index contributed by atoms with van der Waals surface area (Å²) in [5.41, 5.74) is 2.40. The predicted octanol–water partition coefficient (Wildman–Crippen LogP) is 6.71. The summed E-state index contributed by atoms with van der Waals surface area (Å²) >= 11 is 1.57. The first-order chi connectivity index (χ1) is 21.6. The van der Waals surface area contributed by atoms with Gasteiger partial charge in [-0.2, -0.15) is 18.3 Å². The second kappa shape index (κ2) is 12.5. The van der Waals surface area contributed by atoms with Gasteiger partial charge in [-0.15, -0.1) is 11.3 Å². The number of aromatic nitrogens is 3. The lowest BCUT2D eigenvalue weighted by Gasteiger charge is -2.31. The predicted molar refractivity (Wildman–Crippen MR) is 165 cm³/mol. The number of hydrogen-bond acceptors (Lipinski definition) is 8. The first-order valence-corrected chi connectivity index (χ1v) is 15.7. The number of carbonyl (C=O) groups excluding carboxylic acids is 1. The minimum Gasteiger partial charge on any atom is -0.464 e. The van der Waals surface area contributed by atoms with Crippen LogP contribution in [0.1, 0.15) is 66.0 Å². The van der Waals surface area contributed by atoms with Gasteiger partial charge in [0, 0.05) is 46.8 Å². The van der Waals surface area contributed by atoms with Crippen LogP contribution in [0.2, 0.25) is 0 Å². The summed E-state index contributed by atoms with van der Waals surface area (Å²) in [7, 11) is 0. The molecule has 45 heavy (non-hydrogen) atoms. The zero-order valence-corrected chi connectivity index (χ0v) is 25.7. The van der Waals surface area contributed by atoms with Crippen LogP contribution in [0.25, 0.3) is 5.76 Å². The Bertz CT molecular complexity index is 1700. The minimum atomic E-state index is -4.55. The number of piperidine rings is 1. The zero-order chi connectivity index (χ0) is 31.7. The highest BCUT2D eigenvalue weighted by Crippen LogP contribution is 2.39. The van der Waals surface area contributed by atoms with Crippen molar-refractivity contribution in [2.24, 2.45) is 5.16 Å². The smallest absolute Gasteiger partial charge is 0.435 e. The monoisotopic (exact) mass is 638 g/mol. The Morgan fingerprint density at radius 2 is 1.98 bits per heavy atom. The lowest BCUT2D eigenvalue weighted by molar-refractivity contribution is -0.142. The number of benzene rings is 1. The number of thiazole rings is 1. The Labute approximate surface area is 262 Å². The summed E-state index contributed by atoms with van der Waals surface area (Å²) in [5.74, 6) is 1.31. The van der Waals surface area contributed by atoms with Crippen LogP contribution in [0.4, 0.5) is 19.0 Å². The first kappa shape index (κ1) is 30.6. The van der Waals surface area contributed by atoms with E-state index in [1.54, 1.807) is 23.2 Å². The number of carbonyl (C=O) groups is 1. The molecular weight excluding hydrogens is 605 g/mol. The van der Waals surface area contributed by atoms with Gasteiger partial charge in [0.15, 0.2) is 5.69 Å². The van der Waals surface area contributed by atoms with Gasteiger partial charge in [0.1, 0.15) is 18.1 Å². The maximum absolute atomic E-state index is 13.0. The Hall–Kier alpha value is -4.39. The molecule has 0 radical (unpaired) electrons. The summed E-state index contributed by atoms with van der Waals surface area (Å²) < 4.78 is 46.8. The number of alkyl halides is 3. The normalized spacial score (nSPS) is 19.5. The average Bonchev–Trinajstić information content (AvgIpc) is 3.80. The molecule has 1 aliphatic carbocycles. The van der Waals surface area contributed by atoms with Crippen molar-refractivity contribution in [2.45, 2.75) is 64.4 Å². The summed E-state index contributed by atoms with van der Waals surface area (Å²) in [6.45, 7) is 4.01. The van der Waals surface area contributed by atoms with Crippen LogP contribution < -0.4 is 4.90 Å². The van der Waals surface area contributed by atoms with Gasteiger partial charge in [-0.3, -0.25) is 14.4 Å². The van der Waals surface area contributed by atoms with Crippen LogP contribution in [0, 0.1) is 6.92 Å². The van der Waals surface area contributed by atoms with Crippen molar-refractivity contribution in [1.82, 2.24) is 19.7 Å². The lowest BCUT2D eigenvalue weighted by atomic mass is 9.97. The number of nitrogens with zero attached hydrogens (tertiary/aromatic N) is 6. The average molecular weight is 639 g/mol. The molecule has 0 spiro atoms. The molecule has 3 aromatic rings. The molecule has 4 heterocycles. The van der Waals surface area contributed by atoms with E-state index in [0.717, 1.165) is 51.1 Å². The Morgan fingerprint density at radius 1 is 1.20 bits per heavy atom. The number of rotatable bonds is 7. The SMILES string of the molecule is CC(=NO)c1ccccc1C1=CN(c2csc(C3CCN(C(=O)Cn4nc(C(F)(F)F)cc4C)CC3)n2)C(C2=CCCC=C2)O1. The molecule has 9 nitrogen and oxygen atoms in total.